The highest BCUT2D eigenvalue weighted by molar-refractivity contribution is 7.59. The molecule has 3 aromatic rings. The molecule has 4 amide bonds. The third kappa shape index (κ3) is 11.5. The predicted molar refractivity (Wildman–Crippen MR) is 182 cm³/mol. The molecule has 2 unspecified atom stereocenters. The Morgan fingerprint density at radius 1 is 0.872 bits per heavy atom. The number of nitrogens with two attached hydrogens (primary N) is 1. The summed E-state index contributed by atoms with van der Waals surface area (Å²) in [7, 11) is -4.47. The minimum Gasteiger partial charge on any atom is -0.507 e. The van der Waals surface area contributed by atoms with Gasteiger partial charge in [-0.15, -0.1) is 0 Å². The Bertz CT molecular complexity index is 1610. The van der Waals surface area contributed by atoms with Crippen LogP contribution in [0.2, 0.25) is 0 Å². The van der Waals surface area contributed by atoms with E-state index < -0.39 is 55.0 Å². The van der Waals surface area contributed by atoms with Crippen molar-refractivity contribution in [3.05, 3.63) is 107 Å². The first-order valence-electron chi connectivity index (χ1n) is 15.3. The summed E-state index contributed by atoms with van der Waals surface area (Å²) in [6.45, 7) is 5.29. The molecule has 0 saturated heterocycles. The van der Waals surface area contributed by atoms with Crippen molar-refractivity contribution < 1.29 is 33.7 Å². The van der Waals surface area contributed by atoms with Gasteiger partial charge in [0, 0.05) is 6.42 Å². The summed E-state index contributed by atoms with van der Waals surface area (Å²) in [5, 5.41) is 18.1. The summed E-state index contributed by atoms with van der Waals surface area (Å²) in [5.41, 5.74) is 7.46. The lowest BCUT2D eigenvalue weighted by atomic mass is 10.0. The Hall–Kier alpha value is -4.73. The van der Waals surface area contributed by atoms with Crippen molar-refractivity contribution in [2.75, 3.05) is 6.16 Å². The summed E-state index contributed by atoms with van der Waals surface area (Å²) in [6, 6.07) is 20.4. The van der Waals surface area contributed by atoms with Crippen molar-refractivity contribution >= 4 is 37.1 Å². The standard InChI is InChI=1S/C35H43N4O7P/c1-23(2)20-29(35(44)38-28(33(36)42)19-11-17-25-13-6-4-7-14-25)37-30(40)22-47(45,46)31(21-26-15-8-5-9-16-26)39-34(43)27-18-10-12-24(3)32(27)41/h4-18,23,28-29,31,41H,19-22H2,1-3H3,(H2,36,42)(H,37,40)(H,38,44)(H,39,43)(H,45,46)/b17-11+/t28-,29-,31?/m0/s1. The number of carbonyl (C=O) groups is 4. The van der Waals surface area contributed by atoms with E-state index in [9.17, 15) is 33.7 Å². The average molecular weight is 663 g/mol. The molecule has 0 aromatic heterocycles. The minimum absolute atomic E-state index is 0.0656. The Morgan fingerprint density at radius 3 is 2.13 bits per heavy atom. The third-order valence-corrected chi connectivity index (χ3v) is 9.44. The van der Waals surface area contributed by atoms with Gasteiger partial charge in [-0.05, 0) is 48.4 Å². The molecular formula is C35H43N4O7P. The number of aryl methyl sites for hydroxylation is 1. The van der Waals surface area contributed by atoms with Crippen LogP contribution in [0.4, 0.5) is 0 Å². The van der Waals surface area contributed by atoms with E-state index in [0.29, 0.717) is 11.1 Å². The molecule has 3 rings (SSSR count). The lowest BCUT2D eigenvalue weighted by Crippen LogP contribution is -2.53. The maximum atomic E-state index is 13.8. The molecule has 3 aromatic carbocycles. The molecule has 0 aliphatic heterocycles. The molecule has 4 atom stereocenters. The number of benzene rings is 3. The highest BCUT2D eigenvalue weighted by atomic mass is 31.2. The van der Waals surface area contributed by atoms with Gasteiger partial charge < -0.3 is 31.7 Å². The largest absolute Gasteiger partial charge is 0.507 e. The van der Waals surface area contributed by atoms with E-state index in [-0.39, 0.29) is 36.5 Å². The second-order valence-corrected chi connectivity index (χ2v) is 14.3. The number of aromatic hydroxyl groups is 1. The fraction of sp³-hybridized carbons (Fsp3) is 0.314. The second-order valence-electron chi connectivity index (χ2n) is 11.8. The Labute approximate surface area is 275 Å². The topological polar surface area (TPSA) is 188 Å². The van der Waals surface area contributed by atoms with Crippen molar-refractivity contribution in [1.29, 1.82) is 0 Å². The van der Waals surface area contributed by atoms with Crippen molar-refractivity contribution in [3.8, 4) is 5.75 Å². The molecule has 0 aliphatic carbocycles. The first kappa shape index (κ1) is 36.7. The molecule has 7 N–H and O–H groups in total. The lowest BCUT2D eigenvalue weighted by Gasteiger charge is -2.26. The molecule has 47 heavy (non-hydrogen) atoms. The van der Waals surface area contributed by atoms with Gasteiger partial charge in [0.1, 0.15) is 29.8 Å². The molecule has 250 valence electrons. The van der Waals surface area contributed by atoms with Crippen LogP contribution in [0.3, 0.4) is 0 Å². The van der Waals surface area contributed by atoms with Crippen LogP contribution in [-0.4, -0.2) is 57.7 Å². The first-order chi connectivity index (χ1) is 22.3. The molecule has 0 radical (unpaired) electrons. The summed E-state index contributed by atoms with van der Waals surface area (Å²) < 4.78 is 13.8. The van der Waals surface area contributed by atoms with E-state index >= 15 is 0 Å². The highest BCUT2D eigenvalue weighted by Gasteiger charge is 2.37. The molecule has 0 aliphatic rings. The zero-order chi connectivity index (χ0) is 34.6. The molecule has 0 bridgehead atoms. The van der Waals surface area contributed by atoms with Gasteiger partial charge in [0.2, 0.25) is 25.1 Å². The SMILES string of the molecule is Cc1cccc(C(=O)NC(Cc2ccccc2)P(=O)(O)CC(=O)N[C@@H](CC(C)C)C(=O)N[C@@H](C/C=C/c2ccccc2)C(N)=O)c1O. The van der Waals surface area contributed by atoms with Gasteiger partial charge in [0.15, 0.2) is 0 Å². The molecule has 12 heteroatoms. The van der Waals surface area contributed by atoms with Crippen molar-refractivity contribution in [2.24, 2.45) is 11.7 Å². The Balaban J connectivity index is 1.75. The zero-order valence-corrected chi connectivity index (χ0v) is 27.7. The average Bonchev–Trinajstić information content (AvgIpc) is 3.01. The number of rotatable bonds is 16. The van der Waals surface area contributed by atoms with Crippen LogP contribution in [0.25, 0.3) is 6.08 Å². The van der Waals surface area contributed by atoms with Crippen LogP contribution in [0.1, 0.15) is 53.7 Å². The molecule has 11 nitrogen and oxygen atoms in total. The molecule has 0 heterocycles. The Kier molecular flexibility index (Phi) is 13.5. The van der Waals surface area contributed by atoms with Gasteiger partial charge in [0.05, 0.1) is 5.56 Å². The second kappa shape index (κ2) is 17.3. The Morgan fingerprint density at radius 2 is 1.51 bits per heavy atom. The van der Waals surface area contributed by atoms with Gasteiger partial charge in [-0.25, -0.2) is 0 Å². The number of amides is 4. The maximum Gasteiger partial charge on any atom is 0.255 e. The maximum absolute atomic E-state index is 13.8. The first-order valence-corrected chi connectivity index (χ1v) is 17.2. The van der Waals surface area contributed by atoms with Gasteiger partial charge >= 0.3 is 0 Å². The van der Waals surface area contributed by atoms with E-state index in [4.69, 9.17) is 5.73 Å². The number of carbonyl (C=O) groups excluding carboxylic acids is 4. The predicted octanol–water partition coefficient (Wildman–Crippen LogP) is 3.87. The van der Waals surface area contributed by atoms with Gasteiger partial charge in [-0.2, -0.15) is 0 Å². The monoisotopic (exact) mass is 662 g/mol. The normalized spacial score (nSPS) is 14.5. The number of nitrogens with one attached hydrogen (secondary N) is 3. The van der Waals surface area contributed by atoms with Crippen molar-refractivity contribution in [2.45, 2.75) is 57.9 Å². The fourth-order valence-corrected chi connectivity index (χ4v) is 6.42. The summed E-state index contributed by atoms with van der Waals surface area (Å²) >= 11 is 0. The summed E-state index contributed by atoms with van der Waals surface area (Å²) in [6.07, 6.45) is 2.81. The highest BCUT2D eigenvalue weighted by Crippen LogP contribution is 2.46. The van der Waals surface area contributed by atoms with E-state index in [1.54, 1.807) is 61.5 Å². The quantitative estimate of drug-likeness (QED) is 0.126. The van der Waals surface area contributed by atoms with Crippen LogP contribution >= 0.6 is 7.37 Å². The zero-order valence-electron chi connectivity index (χ0n) is 26.8. The minimum atomic E-state index is -4.47. The number of primary amides is 1. The van der Waals surface area contributed by atoms with Crippen molar-refractivity contribution in [3.63, 3.8) is 0 Å². The molecule has 0 spiro atoms. The van der Waals surface area contributed by atoms with Crippen molar-refractivity contribution in [1.82, 2.24) is 16.0 Å². The number of phenolic OH excluding ortho intramolecular Hbond substituents is 1. The molecule has 0 fully saturated rings. The van der Waals surface area contributed by atoms with E-state index in [0.717, 1.165) is 5.56 Å². The van der Waals surface area contributed by atoms with Crippen LogP contribution in [0, 0.1) is 12.8 Å². The fourth-order valence-electron chi connectivity index (χ4n) is 4.88. The summed E-state index contributed by atoms with van der Waals surface area (Å²) in [4.78, 5) is 63.1. The van der Waals surface area contributed by atoms with Gasteiger partial charge in [-0.1, -0.05) is 98.8 Å². The summed E-state index contributed by atoms with van der Waals surface area (Å²) in [5.74, 6) is -4.81. The smallest absolute Gasteiger partial charge is 0.255 e. The molecular weight excluding hydrogens is 619 g/mol. The van der Waals surface area contributed by atoms with E-state index in [1.807, 2.05) is 44.2 Å². The van der Waals surface area contributed by atoms with Crippen LogP contribution < -0.4 is 21.7 Å². The van der Waals surface area contributed by atoms with Crippen LogP contribution in [0.5, 0.6) is 5.75 Å². The lowest BCUT2D eigenvalue weighted by molar-refractivity contribution is -0.131. The van der Waals surface area contributed by atoms with E-state index in [1.165, 1.54) is 6.07 Å². The van der Waals surface area contributed by atoms with Crippen LogP contribution in [0.15, 0.2) is 84.9 Å². The van der Waals surface area contributed by atoms with Gasteiger partial charge in [-0.3, -0.25) is 23.7 Å². The number of para-hydroxylation sites is 1. The van der Waals surface area contributed by atoms with Gasteiger partial charge in [0.25, 0.3) is 5.91 Å². The number of hydrogen-bond donors (Lipinski definition) is 6. The third-order valence-electron chi connectivity index (χ3n) is 7.41. The van der Waals surface area contributed by atoms with Crippen LogP contribution in [-0.2, 0) is 25.4 Å². The number of hydrogen-bond acceptors (Lipinski definition) is 6. The number of phenols is 1. The molecule has 0 saturated carbocycles. The van der Waals surface area contributed by atoms with E-state index in [2.05, 4.69) is 16.0 Å².